The van der Waals surface area contributed by atoms with E-state index in [1.807, 2.05) is 6.92 Å². The van der Waals surface area contributed by atoms with E-state index < -0.39 is 17.6 Å². The first-order valence-corrected chi connectivity index (χ1v) is 10.5. The highest BCUT2D eigenvalue weighted by molar-refractivity contribution is 6.53. The maximum atomic E-state index is 13.2. The Bertz CT molecular complexity index is 1320. The molecule has 1 heterocycles. The monoisotopic (exact) mass is 483 g/mol. The van der Waals surface area contributed by atoms with Crippen molar-refractivity contribution < 1.29 is 18.8 Å². The second-order valence-electron chi connectivity index (χ2n) is 7.24. The Morgan fingerprint density at radius 3 is 2.33 bits per heavy atom. The molecule has 0 aromatic heterocycles. The van der Waals surface area contributed by atoms with Crippen LogP contribution in [-0.4, -0.2) is 17.7 Å². The summed E-state index contributed by atoms with van der Waals surface area (Å²) in [5, 5.41) is 5.79. The van der Waals surface area contributed by atoms with Gasteiger partial charge in [0, 0.05) is 22.0 Å². The van der Waals surface area contributed by atoms with Crippen LogP contribution in [0.5, 0.6) is 0 Å². The van der Waals surface area contributed by atoms with Gasteiger partial charge in [-0.2, -0.15) is 0 Å². The van der Waals surface area contributed by atoms with Gasteiger partial charge in [0.05, 0.1) is 5.69 Å². The van der Waals surface area contributed by atoms with Crippen molar-refractivity contribution in [3.8, 4) is 0 Å². The summed E-state index contributed by atoms with van der Waals surface area (Å²) in [5.74, 6) is -2.32. The third-order valence-corrected chi connectivity index (χ3v) is 5.69. The van der Waals surface area contributed by atoms with Crippen molar-refractivity contribution in [3.05, 3.63) is 99.4 Å². The van der Waals surface area contributed by atoms with Crippen molar-refractivity contribution in [2.75, 3.05) is 15.5 Å². The van der Waals surface area contributed by atoms with Crippen LogP contribution in [0.4, 0.5) is 21.5 Å². The number of amides is 3. The molecule has 0 atom stereocenters. The third-order valence-electron chi connectivity index (χ3n) is 4.94. The lowest BCUT2D eigenvalue weighted by molar-refractivity contribution is -0.120. The van der Waals surface area contributed by atoms with Crippen LogP contribution >= 0.6 is 23.2 Å². The second kappa shape index (κ2) is 9.05. The predicted molar refractivity (Wildman–Crippen MR) is 126 cm³/mol. The van der Waals surface area contributed by atoms with Crippen LogP contribution in [-0.2, 0) is 9.59 Å². The number of halogens is 3. The first-order valence-electron chi connectivity index (χ1n) is 9.73. The molecule has 6 nitrogen and oxygen atoms in total. The van der Waals surface area contributed by atoms with Gasteiger partial charge in [0.1, 0.15) is 16.5 Å². The van der Waals surface area contributed by atoms with Crippen LogP contribution in [0.15, 0.2) is 77.5 Å². The van der Waals surface area contributed by atoms with Gasteiger partial charge in [0.25, 0.3) is 17.7 Å². The lowest BCUT2D eigenvalue weighted by Crippen LogP contribution is -2.32. The highest BCUT2D eigenvalue weighted by Crippen LogP contribution is 2.30. The van der Waals surface area contributed by atoms with Gasteiger partial charge in [-0.3, -0.25) is 14.4 Å². The number of nitrogens with zero attached hydrogens (tertiary/aromatic N) is 1. The smallest absolute Gasteiger partial charge is 0.283 e. The van der Waals surface area contributed by atoms with Crippen molar-refractivity contribution in [2.24, 2.45) is 0 Å². The average Bonchev–Trinajstić information content (AvgIpc) is 3.00. The SMILES string of the molecule is Cc1ccc(NC(=O)c2cccc(NC3=C(Cl)C(=O)N(c4ccc(F)cc4)C3=O)c2)cc1Cl. The highest BCUT2D eigenvalue weighted by Gasteiger charge is 2.39. The van der Waals surface area contributed by atoms with Crippen molar-refractivity contribution in [1.82, 2.24) is 0 Å². The molecule has 33 heavy (non-hydrogen) atoms. The number of anilines is 3. The quantitative estimate of drug-likeness (QED) is 0.471. The summed E-state index contributed by atoms with van der Waals surface area (Å²) in [7, 11) is 0. The zero-order valence-electron chi connectivity index (χ0n) is 17.2. The summed E-state index contributed by atoms with van der Waals surface area (Å²) in [6, 6.07) is 16.4. The van der Waals surface area contributed by atoms with Crippen LogP contribution in [0.2, 0.25) is 5.02 Å². The number of nitrogens with one attached hydrogen (secondary N) is 2. The van der Waals surface area contributed by atoms with E-state index in [4.69, 9.17) is 23.2 Å². The molecule has 3 amide bonds. The summed E-state index contributed by atoms with van der Waals surface area (Å²) < 4.78 is 13.2. The Hall–Kier alpha value is -3.68. The molecular weight excluding hydrogens is 468 g/mol. The van der Waals surface area contributed by atoms with E-state index in [9.17, 15) is 18.8 Å². The Kier molecular flexibility index (Phi) is 6.18. The van der Waals surface area contributed by atoms with E-state index in [1.165, 1.54) is 18.2 Å². The summed E-state index contributed by atoms with van der Waals surface area (Å²) in [5.41, 5.74) is 2.14. The Balaban J connectivity index is 1.53. The molecule has 0 saturated heterocycles. The van der Waals surface area contributed by atoms with E-state index in [2.05, 4.69) is 10.6 Å². The lowest BCUT2D eigenvalue weighted by atomic mass is 10.1. The van der Waals surface area contributed by atoms with Gasteiger partial charge < -0.3 is 10.6 Å². The number of carbonyl (C=O) groups is 3. The van der Waals surface area contributed by atoms with E-state index in [1.54, 1.807) is 36.4 Å². The van der Waals surface area contributed by atoms with Crippen molar-refractivity contribution in [3.63, 3.8) is 0 Å². The fourth-order valence-electron chi connectivity index (χ4n) is 3.19. The Morgan fingerprint density at radius 2 is 1.64 bits per heavy atom. The molecule has 1 aliphatic heterocycles. The molecule has 3 aromatic carbocycles. The van der Waals surface area contributed by atoms with Crippen LogP contribution < -0.4 is 15.5 Å². The van der Waals surface area contributed by atoms with Gasteiger partial charge in [0.2, 0.25) is 0 Å². The first kappa shape index (κ1) is 22.5. The van der Waals surface area contributed by atoms with Crippen molar-refractivity contribution >= 4 is 58.0 Å². The van der Waals surface area contributed by atoms with Gasteiger partial charge >= 0.3 is 0 Å². The topological polar surface area (TPSA) is 78.5 Å². The standard InChI is InChI=1S/C24H16Cl2FN3O3/c1-13-5-8-17(12-19(13)25)29-22(31)14-3-2-4-16(11-14)28-21-20(26)23(32)30(24(21)33)18-9-6-15(27)7-10-18/h2-12,28H,1H3,(H,29,31). The maximum absolute atomic E-state index is 13.2. The maximum Gasteiger partial charge on any atom is 0.283 e. The minimum absolute atomic E-state index is 0.145. The van der Waals surface area contributed by atoms with E-state index in [-0.39, 0.29) is 22.3 Å². The average molecular weight is 484 g/mol. The van der Waals surface area contributed by atoms with Crippen LogP contribution in [0.1, 0.15) is 15.9 Å². The molecule has 0 aliphatic carbocycles. The van der Waals surface area contributed by atoms with Crippen LogP contribution in [0.25, 0.3) is 0 Å². The molecule has 4 rings (SSSR count). The number of rotatable bonds is 5. The van der Waals surface area contributed by atoms with Gasteiger partial charge in [-0.25, -0.2) is 9.29 Å². The number of hydrogen-bond donors (Lipinski definition) is 2. The van der Waals surface area contributed by atoms with Gasteiger partial charge in [-0.15, -0.1) is 0 Å². The molecule has 1 aliphatic rings. The van der Waals surface area contributed by atoms with E-state index in [0.29, 0.717) is 22.0 Å². The molecule has 9 heteroatoms. The number of carbonyl (C=O) groups excluding carboxylic acids is 3. The summed E-state index contributed by atoms with van der Waals surface area (Å²) in [6.07, 6.45) is 0. The number of benzene rings is 3. The minimum atomic E-state index is -0.735. The largest absolute Gasteiger partial charge is 0.350 e. The minimum Gasteiger partial charge on any atom is -0.350 e. The third kappa shape index (κ3) is 4.60. The normalized spacial score (nSPS) is 13.5. The van der Waals surface area contributed by atoms with Gasteiger partial charge in [-0.05, 0) is 67.1 Å². The molecule has 0 bridgehead atoms. The first-order chi connectivity index (χ1) is 15.7. The molecule has 166 valence electrons. The van der Waals surface area contributed by atoms with Crippen molar-refractivity contribution in [1.29, 1.82) is 0 Å². The van der Waals surface area contributed by atoms with Gasteiger partial charge in [0.15, 0.2) is 0 Å². The van der Waals surface area contributed by atoms with Crippen LogP contribution in [0.3, 0.4) is 0 Å². The Labute approximate surface area is 198 Å². The van der Waals surface area contributed by atoms with Crippen LogP contribution in [0, 0.1) is 12.7 Å². The molecule has 0 unspecified atom stereocenters. The highest BCUT2D eigenvalue weighted by atomic mass is 35.5. The molecule has 2 N–H and O–H groups in total. The van der Waals surface area contributed by atoms with E-state index >= 15 is 0 Å². The molecular formula is C24H16Cl2FN3O3. The summed E-state index contributed by atoms with van der Waals surface area (Å²) in [6.45, 7) is 1.86. The molecule has 0 fully saturated rings. The lowest BCUT2D eigenvalue weighted by Gasteiger charge is -2.15. The number of imide groups is 1. The second-order valence-corrected chi connectivity index (χ2v) is 8.02. The molecule has 3 aromatic rings. The number of hydrogen-bond acceptors (Lipinski definition) is 4. The zero-order valence-corrected chi connectivity index (χ0v) is 18.7. The Morgan fingerprint density at radius 1 is 0.909 bits per heavy atom. The fourth-order valence-corrected chi connectivity index (χ4v) is 3.59. The molecule has 0 radical (unpaired) electrons. The predicted octanol–water partition coefficient (Wildman–Crippen LogP) is 5.48. The fraction of sp³-hybridized carbons (Fsp3) is 0.0417. The summed E-state index contributed by atoms with van der Waals surface area (Å²) >= 11 is 12.2. The zero-order chi connectivity index (χ0) is 23.7. The summed E-state index contributed by atoms with van der Waals surface area (Å²) in [4.78, 5) is 38.9. The van der Waals surface area contributed by atoms with E-state index in [0.717, 1.165) is 22.6 Å². The van der Waals surface area contributed by atoms with Gasteiger partial charge in [-0.1, -0.05) is 35.3 Å². The molecule has 0 spiro atoms. The number of aryl methyl sites for hydroxylation is 1. The molecule has 0 saturated carbocycles. The van der Waals surface area contributed by atoms with Crippen molar-refractivity contribution in [2.45, 2.75) is 6.92 Å².